The number of anilines is 1. The van der Waals surface area contributed by atoms with Crippen molar-refractivity contribution in [1.82, 2.24) is 4.98 Å². The number of nitrogens with zero attached hydrogens (tertiary/aromatic N) is 1. The molecule has 0 saturated carbocycles. The monoisotopic (exact) mass is 436 g/mol. The number of hydrogen-bond acceptors (Lipinski definition) is 6. The third-order valence-corrected chi connectivity index (χ3v) is 6.43. The molecule has 3 aromatic carbocycles. The first-order valence-corrected chi connectivity index (χ1v) is 11.2. The number of thiazole rings is 1. The fourth-order valence-electron chi connectivity index (χ4n) is 2.79. The summed E-state index contributed by atoms with van der Waals surface area (Å²) in [6, 6.07) is 22.6. The topological polar surface area (TPSA) is 60.5 Å². The van der Waals surface area contributed by atoms with Crippen LogP contribution in [0.25, 0.3) is 10.2 Å². The number of carbonyl (C=O) groups excluding carboxylic acids is 1. The van der Waals surface area contributed by atoms with Crippen LogP contribution >= 0.6 is 23.1 Å². The summed E-state index contributed by atoms with van der Waals surface area (Å²) in [7, 11) is 1.60. The maximum Gasteiger partial charge on any atom is 0.255 e. The van der Waals surface area contributed by atoms with Gasteiger partial charge in [0.25, 0.3) is 5.91 Å². The van der Waals surface area contributed by atoms with Crippen LogP contribution in [0.15, 0.2) is 77.1 Å². The number of fused-ring (bicyclic) bond motifs is 1. The summed E-state index contributed by atoms with van der Waals surface area (Å²) in [6.07, 6.45) is 0. The molecule has 0 aliphatic rings. The van der Waals surface area contributed by atoms with Gasteiger partial charge >= 0.3 is 0 Å². The zero-order valence-corrected chi connectivity index (χ0v) is 18.0. The van der Waals surface area contributed by atoms with Gasteiger partial charge in [-0.3, -0.25) is 4.79 Å². The molecule has 7 heteroatoms. The van der Waals surface area contributed by atoms with Gasteiger partial charge < -0.3 is 14.8 Å². The van der Waals surface area contributed by atoms with E-state index in [0.29, 0.717) is 12.2 Å². The van der Waals surface area contributed by atoms with E-state index in [1.54, 1.807) is 54.5 Å². The van der Waals surface area contributed by atoms with Crippen LogP contribution in [-0.4, -0.2) is 30.4 Å². The predicted molar refractivity (Wildman–Crippen MR) is 123 cm³/mol. The van der Waals surface area contributed by atoms with Crippen molar-refractivity contribution >= 4 is 44.9 Å². The Morgan fingerprint density at radius 2 is 1.83 bits per heavy atom. The number of nitrogens with one attached hydrogen (secondary N) is 1. The van der Waals surface area contributed by atoms with Crippen LogP contribution in [0.3, 0.4) is 0 Å². The molecule has 30 heavy (non-hydrogen) atoms. The van der Waals surface area contributed by atoms with Crippen molar-refractivity contribution in [1.29, 1.82) is 0 Å². The van der Waals surface area contributed by atoms with E-state index in [1.807, 2.05) is 48.5 Å². The number of para-hydroxylation sites is 1. The summed E-state index contributed by atoms with van der Waals surface area (Å²) in [4.78, 5) is 17.1. The Balaban J connectivity index is 1.35. The second-order valence-electron chi connectivity index (χ2n) is 6.35. The Hall–Kier alpha value is -3.03. The molecule has 152 valence electrons. The molecule has 1 heterocycles. The van der Waals surface area contributed by atoms with Crippen molar-refractivity contribution < 1.29 is 14.3 Å². The van der Waals surface area contributed by atoms with E-state index in [0.717, 1.165) is 37.5 Å². The maximum absolute atomic E-state index is 12.5. The van der Waals surface area contributed by atoms with E-state index in [-0.39, 0.29) is 5.91 Å². The molecule has 1 amide bonds. The Labute approximate surface area is 183 Å². The summed E-state index contributed by atoms with van der Waals surface area (Å²) in [5.74, 6) is 2.25. The standard InChI is InChI=1S/C23H20N2O3S2/c1-27-18-10-7-16(8-11-18)22(26)24-17-9-12-20-21(15-17)30-23(25-20)29-14-13-28-19-5-3-2-4-6-19/h2-12,15H,13-14H2,1H3,(H,24,26). The fraction of sp³-hybridized carbons (Fsp3) is 0.130. The van der Waals surface area contributed by atoms with Gasteiger partial charge in [-0.05, 0) is 54.6 Å². The lowest BCUT2D eigenvalue weighted by molar-refractivity contribution is 0.102. The minimum Gasteiger partial charge on any atom is -0.497 e. The summed E-state index contributed by atoms with van der Waals surface area (Å²) in [5, 5.41) is 2.94. The fourth-order valence-corrected chi connectivity index (χ4v) is 4.79. The molecule has 0 aliphatic heterocycles. The molecule has 4 aromatic rings. The van der Waals surface area contributed by atoms with E-state index >= 15 is 0 Å². The van der Waals surface area contributed by atoms with Crippen molar-refractivity contribution in [2.24, 2.45) is 0 Å². The molecule has 4 rings (SSSR count). The van der Waals surface area contributed by atoms with Gasteiger partial charge in [-0.2, -0.15) is 0 Å². The first-order chi connectivity index (χ1) is 14.7. The van der Waals surface area contributed by atoms with E-state index < -0.39 is 0 Å². The lowest BCUT2D eigenvalue weighted by Gasteiger charge is -2.06. The largest absolute Gasteiger partial charge is 0.497 e. The molecule has 0 unspecified atom stereocenters. The quantitative estimate of drug-likeness (QED) is 0.282. The minimum atomic E-state index is -0.158. The SMILES string of the molecule is COc1ccc(C(=O)Nc2ccc3nc(SCCOc4ccccc4)sc3c2)cc1. The molecule has 0 radical (unpaired) electrons. The minimum absolute atomic E-state index is 0.158. The van der Waals surface area contributed by atoms with Crippen LogP contribution in [0.1, 0.15) is 10.4 Å². The molecule has 0 spiro atoms. The van der Waals surface area contributed by atoms with Gasteiger partial charge in [-0.1, -0.05) is 30.0 Å². The smallest absolute Gasteiger partial charge is 0.255 e. The van der Waals surface area contributed by atoms with Crippen LogP contribution in [0.5, 0.6) is 11.5 Å². The van der Waals surface area contributed by atoms with Crippen LogP contribution in [0, 0.1) is 0 Å². The van der Waals surface area contributed by atoms with Crippen molar-refractivity contribution in [2.75, 3.05) is 24.8 Å². The number of carbonyl (C=O) groups is 1. The first-order valence-electron chi connectivity index (χ1n) is 9.38. The third-order valence-electron chi connectivity index (χ3n) is 4.30. The molecule has 0 saturated heterocycles. The molecule has 5 nitrogen and oxygen atoms in total. The number of rotatable bonds is 8. The second kappa shape index (κ2) is 9.65. The highest BCUT2D eigenvalue weighted by atomic mass is 32.2. The summed E-state index contributed by atoms with van der Waals surface area (Å²) in [5.41, 5.74) is 2.25. The number of aromatic nitrogens is 1. The van der Waals surface area contributed by atoms with E-state index in [9.17, 15) is 4.79 Å². The highest BCUT2D eigenvalue weighted by Gasteiger charge is 2.09. The van der Waals surface area contributed by atoms with Gasteiger partial charge in [-0.25, -0.2) is 4.98 Å². The Kier molecular flexibility index (Phi) is 6.51. The van der Waals surface area contributed by atoms with Crippen LogP contribution in [0.2, 0.25) is 0 Å². The number of thioether (sulfide) groups is 1. The Morgan fingerprint density at radius 3 is 2.60 bits per heavy atom. The van der Waals surface area contributed by atoms with E-state index in [4.69, 9.17) is 9.47 Å². The Bertz CT molecular complexity index is 1130. The number of benzene rings is 3. The lowest BCUT2D eigenvalue weighted by Crippen LogP contribution is -2.11. The average Bonchev–Trinajstić information content (AvgIpc) is 3.19. The Morgan fingerprint density at radius 1 is 1.03 bits per heavy atom. The highest BCUT2D eigenvalue weighted by molar-refractivity contribution is 8.01. The number of methoxy groups -OCH3 is 1. The van der Waals surface area contributed by atoms with Gasteiger partial charge in [-0.15, -0.1) is 11.3 Å². The summed E-state index contributed by atoms with van der Waals surface area (Å²) >= 11 is 3.28. The number of hydrogen-bond donors (Lipinski definition) is 1. The van der Waals surface area contributed by atoms with Gasteiger partial charge in [0.1, 0.15) is 11.5 Å². The average molecular weight is 437 g/mol. The first kappa shape index (κ1) is 20.3. The summed E-state index contributed by atoms with van der Waals surface area (Å²) in [6.45, 7) is 0.619. The molecular formula is C23H20N2O3S2. The molecule has 0 bridgehead atoms. The lowest BCUT2D eigenvalue weighted by atomic mass is 10.2. The van der Waals surface area contributed by atoms with Gasteiger partial charge in [0.15, 0.2) is 4.34 Å². The van der Waals surface area contributed by atoms with E-state index in [1.165, 1.54) is 0 Å². The molecule has 1 aromatic heterocycles. The van der Waals surface area contributed by atoms with Crippen molar-refractivity contribution in [3.8, 4) is 11.5 Å². The number of amides is 1. The van der Waals surface area contributed by atoms with Crippen LogP contribution in [-0.2, 0) is 0 Å². The van der Waals surface area contributed by atoms with Crippen LogP contribution in [0.4, 0.5) is 5.69 Å². The number of ether oxygens (including phenoxy) is 2. The molecule has 1 N–H and O–H groups in total. The molecule has 0 aliphatic carbocycles. The maximum atomic E-state index is 12.5. The van der Waals surface area contributed by atoms with Crippen molar-refractivity contribution in [3.63, 3.8) is 0 Å². The third kappa shape index (κ3) is 5.11. The normalized spacial score (nSPS) is 10.7. The van der Waals surface area contributed by atoms with Gasteiger partial charge in [0.2, 0.25) is 0 Å². The molecule has 0 fully saturated rings. The summed E-state index contributed by atoms with van der Waals surface area (Å²) < 4.78 is 12.9. The van der Waals surface area contributed by atoms with Crippen molar-refractivity contribution in [3.05, 3.63) is 78.4 Å². The zero-order chi connectivity index (χ0) is 20.8. The highest BCUT2D eigenvalue weighted by Crippen LogP contribution is 2.31. The van der Waals surface area contributed by atoms with E-state index in [2.05, 4.69) is 10.3 Å². The van der Waals surface area contributed by atoms with Crippen LogP contribution < -0.4 is 14.8 Å². The zero-order valence-electron chi connectivity index (χ0n) is 16.3. The van der Waals surface area contributed by atoms with Gasteiger partial charge in [0, 0.05) is 17.0 Å². The second-order valence-corrected chi connectivity index (χ2v) is 8.73. The molecular weight excluding hydrogens is 416 g/mol. The predicted octanol–water partition coefficient (Wildman–Crippen LogP) is 5.73. The van der Waals surface area contributed by atoms with Gasteiger partial charge in [0.05, 0.1) is 23.9 Å². The van der Waals surface area contributed by atoms with Crippen molar-refractivity contribution in [2.45, 2.75) is 4.34 Å². The molecule has 0 atom stereocenters.